The van der Waals surface area contributed by atoms with E-state index in [9.17, 15) is 0 Å². The molecule has 0 unspecified atom stereocenters. The van der Waals surface area contributed by atoms with Crippen molar-refractivity contribution in [3.8, 4) is 0 Å². The molecule has 0 spiro atoms. The molecule has 2 heterocycles. The normalized spacial score (nSPS) is 11.1. The van der Waals surface area contributed by atoms with Crippen molar-refractivity contribution in [1.82, 2.24) is 0 Å². The van der Waals surface area contributed by atoms with Crippen molar-refractivity contribution in [2.24, 2.45) is 0 Å². The number of aryl methyl sites for hydroxylation is 2. The van der Waals surface area contributed by atoms with Gasteiger partial charge in [-0.25, -0.2) is 0 Å². The Balaban J connectivity index is 2.64. The summed E-state index contributed by atoms with van der Waals surface area (Å²) >= 11 is 3.83. The van der Waals surface area contributed by atoms with Crippen LogP contribution in [-0.2, 0) is 6.42 Å². The Bertz CT molecular complexity index is 336. The maximum Gasteiger partial charge on any atom is 0.0456 e. The smallest absolute Gasteiger partial charge is 0.0456 e. The van der Waals surface area contributed by atoms with Crippen molar-refractivity contribution in [2.75, 3.05) is 0 Å². The molecule has 0 atom stereocenters. The lowest BCUT2D eigenvalue weighted by Gasteiger charge is -1.81. The summed E-state index contributed by atoms with van der Waals surface area (Å²) in [5.41, 5.74) is 0. The highest BCUT2D eigenvalue weighted by molar-refractivity contribution is 7.27. The van der Waals surface area contributed by atoms with Crippen LogP contribution in [0.4, 0.5) is 0 Å². The van der Waals surface area contributed by atoms with Gasteiger partial charge in [0.15, 0.2) is 0 Å². The summed E-state index contributed by atoms with van der Waals surface area (Å²) in [4.78, 5) is 2.93. The first-order valence-corrected chi connectivity index (χ1v) is 5.41. The molecule has 0 fully saturated rings. The second kappa shape index (κ2) is 2.61. The highest BCUT2D eigenvalue weighted by Crippen LogP contribution is 2.32. The number of hydrogen-bond donors (Lipinski definition) is 0. The minimum atomic E-state index is 1.17. The van der Waals surface area contributed by atoms with E-state index in [0.717, 1.165) is 0 Å². The fraction of sp³-hybridized carbons (Fsp3) is 0.333. The molecule has 0 amide bonds. The van der Waals surface area contributed by atoms with Crippen LogP contribution in [0.1, 0.15) is 16.7 Å². The van der Waals surface area contributed by atoms with Gasteiger partial charge in [-0.3, -0.25) is 0 Å². The molecule has 11 heavy (non-hydrogen) atoms. The molecule has 0 saturated carbocycles. The third-order valence-corrected chi connectivity index (χ3v) is 4.08. The van der Waals surface area contributed by atoms with Gasteiger partial charge >= 0.3 is 0 Å². The number of rotatable bonds is 1. The Morgan fingerprint density at radius 2 is 1.91 bits per heavy atom. The zero-order valence-corrected chi connectivity index (χ0v) is 8.31. The van der Waals surface area contributed by atoms with Crippen molar-refractivity contribution >= 4 is 32.1 Å². The number of fused-ring (bicyclic) bond motifs is 1. The van der Waals surface area contributed by atoms with E-state index in [0.29, 0.717) is 0 Å². The first-order chi connectivity index (χ1) is 5.29. The largest absolute Gasteiger partial charge is 0.140 e. The highest BCUT2D eigenvalue weighted by Gasteiger charge is 2.02. The Morgan fingerprint density at radius 3 is 2.55 bits per heavy atom. The fourth-order valence-electron chi connectivity index (χ4n) is 1.18. The second-order valence-corrected chi connectivity index (χ2v) is 5.11. The Kier molecular flexibility index (Phi) is 1.74. The zero-order chi connectivity index (χ0) is 7.84. The van der Waals surface area contributed by atoms with Gasteiger partial charge < -0.3 is 0 Å². The molecule has 0 aliphatic heterocycles. The van der Waals surface area contributed by atoms with Crippen LogP contribution in [0.5, 0.6) is 0 Å². The van der Waals surface area contributed by atoms with E-state index in [2.05, 4.69) is 26.0 Å². The molecular formula is C9H10S2. The summed E-state index contributed by atoms with van der Waals surface area (Å²) in [5.74, 6) is 0. The lowest BCUT2D eigenvalue weighted by Crippen LogP contribution is -1.64. The van der Waals surface area contributed by atoms with E-state index in [1.165, 1.54) is 25.6 Å². The Hall–Kier alpha value is -0.340. The minimum Gasteiger partial charge on any atom is -0.140 e. The molecule has 0 nitrogen and oxygen atoms in total. The highest BCUT2D eigenvalue weighted by atomic mass is 32.1. The molecule has 2 rings (SSSR count). The van der Waals surface area contributed by atoms with Gasteiger partial charge in [0.1, 0.15) is 0 Å². The molecule has 0 aliphatic rings. The van der Waals surface area contributed by atoms with Crippen LogP contribution < -0.4 is 0 Å². The van der Waals surface area contributed by atoms with Gasteiger partial charge in [0.25, 0.3) is 0 Å². The monoisotopic (exact) mass is 182 g/mol. The van der Waals surface area contributed by atoms with Gasteiger partial charge in [-0.05, 0) is 25.5 Å². The fourth-order valence-corrected chi connectivity index (χ4v) is 3.46. The molecule has 0 aliphatic carbocycles. The Morgan fingerprint density at radius 1 is 1.18 bits per heavy atom. The van der Waals surface area contributed by atoms with E-state index >= 15 is 0 Å². The van der Waals surface area contributed by atoms with Gasteiger partial charge in [-0.15, -0.1) is 22.7 Å². The van der Waals surface area contributed by atoms with Gasteiger partial charge in [-0.2, -0.15) is 0 Å². The van der Waals surface area contributed by atoms with E-state index in [-0.39, 0.29) is 0 Å². The SMILES string of the molecule is CCc1cc2sc(C)cc2s1. The van der Waals surface area contributed by atoms with Crippen LogP contribution in [0.15, 0.2) is 12.1 Å². The summed E-state index contributed by atoms with van der Waals surface area (Å²) < 4.78 is 2.92. The van der Waals surface area contributed by atoms with Crippen LogP contribution >= 0.6 is 22.7 Å². The zero-order valence-electron chi connectivity index (χ0n) is 6.68. The van der Waals surface area contributed by atoms with Gasteiger partial charge in [0.2, 0.25) is 0 Å². The Labute approximate surface area is 74.5 Å². The summed E-state index contributed by atoms with van der Waals surface area (Å²) in [7, 11) is 0. The van der Waals surface area contributed by atoms with Crippen molar-refractivity contribution in [3.05, 3.63) is 21.9 Å². The van der Waals surface area contributed by atoms with Crippen LogP contribution in [-0.4, -0.2) is 0 Å². The summed E-state index contributed by atoms with van der Waals surface area (Å²) in [6, 6.07) is 4.60. The van der Waals surface area contributed by atoms with Gasteiger partial charge in [0, 0.05) is 19.2 Å². The molecule has 2 aromatic heterocycles. The maximum atomic E-state index is 2.32. The van der Waals surface area contributed by atoms with Crippen molar-refractivity contribution < 1.29 is 0 Å². The van der Waals surface area contributed by atoms with E-state index in [4.69, 9.17) is 0 Å². The van der Waals surface area contributed by atoms with E-state index < -0.39 is 0 Å². The molecular weight excluding hydrogens is 172 g/mol. The van der Waals surface area contributed by atoms with E-state index in [1.807, 2.05) is 22.7 Å². The predicted octanol–water partition coefficient (Wildman–Crippen LogP) is 3.83. The molecule has 2 aromatic rings. The molecule has 0 N–H and O–H groups in total. The van der Waals surface area contributed by atoms with Crippen molar-refractivity contribution in [2.45, 2.75) is 20.3 Å². The third kappa shape index (κ3) is 1.21. The topological polar surface area (TPSA) is 0 Å². The van der Waals surface area contributed by atoms with Crippen molar-refractivity contribution in [3.63, 3.8) is 0 Å². The first kappa shape index (κ1) is 7.32. The van der Waals surface area contributed by atoms with E-state index in [1.54, 1.807) is 0 Å². The molecule has 0 aromatic carbocycles. The standard InChI is InChI=1S/C9H10S2/c1-3-7-5-9-8(11-7)4-6(2)10-9/h4-5H,3H2,1-2H3. The summed E-state index contributed by atoms with van der Waals surface area (Å²) in [5, 5.41) is 0. The number of hydrogen-bond acceptors (Lipinski definition) is 2. The average Bonchev–Trinajstić information content (AvgIpc) is 2.43. The molecule has 2 heteroatoms. The van der Waals surface area contributed by atoms with Gasteiger partial charge in [-0.1, -0.05) is 6.92 Å². The minimum absolute atomic E-state index is 1.17. The van der Waals surface area contributed by atoms with Crippen LogP contribution in [0.2, 0.25) is 0 Å². The average molecular weight is 182 g/mol. The quantitative estimate of drug-likeness (QED) is 0.628. The lowest BCUT2D eigenvalue weighted by molar-refractivity contribution is 1.19. The third-order valence-electron chi connectivity index (χ3n) is 1.73. The van der Waals surface area contributed by atoms with Gasteiger partial charge in [0.05, 0.1) is 0 Å². The molecule has 0 saturated heterocycles. The molecule has 0 radical (unpaired) electrons. The van der Waals surface area contributed by atoms with Crippen molar-refractivity contribution in [1.29, 1.82) is 0 Å². The van der Waals surface area contributed by atoms with Crippen LogP contribution in [0.3, 0.4) is 0 Å². The molecule has 0 bridgehead atoms. The predicted molar refractivity (Wildman–Crippen MR) is 53.8 cm³/mol. The second-order valence-electron chi connectivity index (χ2n) is 2.65. The maximum absolute atomic E-state index is 2.32. The molecule has 58 valence electrons. The van der Waals surface area contributed by atoms with Crippen LogP contribution in [0.25, 0.3) is 9.40 Å². The lowest BCUT2D eigenvalue weighted by atomic mass is 10.4. The summed E-state index contributed by atoms with van der Waals surface area (Å²) in [6.45, 7) is 4.38. The van der Waals surface area contributed by atoms with Crippen LogP contribution in [0, 0.1) is 6.92 Å². The first-order valence-electron chi connectivity index (χ1n) is 3.78. The number of thiophene rings is 2. The summed E-state index contributed by atoms with van der Waals surface area (Å²) in [6.07, 6.45) is 1.17.